The van der Waals surface area contributed by atoms with Crippen LogP contribution < -0.4 is 14.2 Å². The van der Waals surface area contributed by atoms with E-state index < -0.39 is 11.9 Å². The molecule has 2 heterocycles. The molecule has 166 valence electrons. The first-order chi connectivity index (χ1) is 15.3. The molecule has 0 radical (unpaired) electrons. The zero-order chi connectivity index (χ0) is 22.9. The van der Waals surface area contributed by atoms with Gasteiger partial charge in [-0.25, -0.2) is 9.67 Å². The van der Waals surface area contributed by atoms with Crippen LogP contribution in [0, 0.1) is 6.92 Å². The maximum absolute atomic E-state index is 13.0. The van der Waals surface area contributed by atoms with Crippen LogP contribution in [-0.2, 0) is 12.8 Å². The van der Waals surface area contributed by atoms with Crippen molar-refractivity contribution in [3.05, 3.63) is 71.5 Å². The predicted molar refractivity (Wildman–Crippen MR) is 112 cm³/mol. The van der Waals surface area contributed by atoms with Crippen molar-refractivity contribution in [2.45, 2.75) is 19.7 Å². The Kier molecular flexibility index (Phi) is 5.65. The number of nitrogens with zero attached hydrogens (tertiary/aromatic N) is 3. The Hall–Kier alpha value is -3.75. The number of aromatic nitrogens is 3. The number of fused-ring (bicyclic) bond motifs is 1. The number of methoxy groups -OCH3 is 2. The van der Waals surface area contributed by atoms with Crippen molar-refractivity contribution in [1.82, 2.24) is 14.8 Å². The highest BCUT2D eigenvalue weighted by atomic mass is 19.4. The number of halogens is 3. The minimum Gasteiger partial charge on any atom is -0.497 e. The molecule has 0 aliphatic heterocycles. The van der Waals surface area contributed by atoms with E-state index in [1.165, 1.54) is 6.20 Å². The second-order valence-electron chi connectivity index (χ2n) is 7.05. The maximum Gasteiger partial charge on any atom is 0.435 e. The molecule has 4 aromatic rings. The van der Waals surface area contributed by atoms with E-state index in [0.717, 1.165) is 27.6 Å². The standard InChI is InChI=1S/C23H20F3N3O3/c1-14-18(31-3)9-8-17-19(32-13-15-4-6-16(30-2)7-5-15)12-21(27-22(14)17)29-11-10-20(28-29)23(24,25)26/h4-12H,13H2,1-3H3. The van der Waals surface area contributed by atoms with Crippen LogP contribution in [0.3, 0.4) is 0 Å². The highest BCUT2D eigenvalue weighted by molar-refractivity contribution is 5.90. The third kappa shape index (κ3) is 4.18. The van der Waals surface area contributed by atoms with Crippen molar-refractivity contribution in [2.24, 2.45) is 0 Å². The first-order valence-corrected chi connectivity index (χ1v) is 9.67. The molecule has 0 atom stereocenters. The van der Waals surface area contributed by atoms with Crippen molar-refractivity contribution in [2.75, 3.05) is 14.2 Å². The van der Waals surface area contributed by atoms with Crippen LogP contribution in [0.2, 0.25) is 0 Å². The van der Waals surface area contributed by atoms with Gasteiger partial charge in [0.2, 0.25) is 0 Å². The van der Waals surface area contributed by atoms with Crippen LogP contribution in [0.1, 0.15) is 16.8 Å². The average molecular weight is 443 g/mol. The number of hydrogen-bond donors (Lipinski definition) is 0. The minimum absolute atomic E-state index is 0.203. The number of benzene rings is 2. The van der Waals surface area contributed by atoms with Gasteiger partial charge in [-0.05, 0) is 42.8 Å². The number of rotatable bonds is 6. The van der Waals surface area contributed by atoms with Gasteiger partial charge >= 0.3 is 6.18 Å². The van der Waals surface area contributed by atoms with Gasteiger partial charge < -0.3 is 14.2 Å². The van der Waals surface area contributed by atoms with Crippen LogP contribution in [-0.4, -0.2) is 29.0 Å². The second kappa shape index (κ2) is 8.41. The zero-order valence-corrected chi connectivity index (χ0v) is 17.6. The van der Waals surface area contributed by atoms with Crippen LogP contribution in [0.4, 0.5) is 13.2 Å². The first kappa shape index (κ1) is 21.5. The largest absolute Gasteiger partial charge is 0.497 e. The van der Waals surface area contributed by atoms with Crippen LogP contribution >= 0.6 is 0 Å². The van der Waals surface area contributed by atoms with Crippen molar-refractivity contribution in [1.29, 1.82) is 0 Å². The average Bonchev–Trinajstić information content (AvgIpc) is 3.29. The van der Waals surface area contributed by atoms with Gasteiger partial charge in [-0.1, -0.05) is 12.1 Å². The van der Waals surface area contributed by atoms with E-state index in [1.807, 2.05) is 37.3 Å². The molecule has 0 amide bonds. The topological polar surface area (TPSA) is 58.4 Å². The summed E-state index contributed by atoms with van der Waals surface area (Å²) in [6.45, 7) is 2.08. The lowest BCUT2D eigenvalue weighted by Gasteiger charge is -2.14. The van der Waals surface area contributed by atoms with Crippen LogP contribution in [0.5, 0.6) is 17.2 Å². The van der Waals surface area contributed by atoms with E-state index in [-0.39, 0.29) is 12.4 Å². The molecule has 0 saturated heterocycles. The SMILES string of the molecule is COc1ccc(COc2cc(-n3ccc(C(F)(F)F)n3)nc3c(C)c(OC)ccc23)cc1. The predicted octanol–water partition coefficient (Wildman–Crippen LogP) is 5.34. The minimum atomic E-state index is -4.55. The molecule has 2 aromatic heterocycles. The third-order valence-electron chi connectivity index (χ3n) is 5.02. The Balaban J connectivity index is 1.77. The first-order valence-electron chi connectivity index (χ1n) is 9.67. The molecular formula is C23H20F3N3O3. The lowest BCUT2D eigenvalue weighted by atomic mass is 10.1. The maximum atomic E-state index is 13.0. The molecule has 0 unspecified atom stereocenters. The second-order valence-corrected chi connectivity index (χ2v) is 7.05. The molecule has 2 aromatic carbocycles. The van der Waals surface area contributed by atoms with E-state index in [4.69, 9.17) is 14.2 Å². The van der Waals surface area contributed by atoms with E-state index >= 15 is 0 Å². The van der Waals surface area contributed by atoms with Gasteiger partial charge in [0.05, 0.1) is 19.7 Å². The molecular weight excluding hydrogens is 423 g/mol. The third-order valence-corrected chi connectivity index (χ3v) is 5.02. The lowest BCUT2D eigenvalue weighted by Crippen LogP contribution is -2.08. The Bertz CT molecular complexity index is 1250. The summed E-state index contributed by atoms with van der Waals surface area (Å²) < 4.78 is 56.8. The van der Waals surface area contributed by atoms with Crippen LogP contribution in [0.25, 0.3) is 16.7 Å². The summed E-state index contributed by atoms with van der Waals surface area (Å²) in [5.41, 5.74) is 1.20. The van der Waals surface area contributed by atoms with Gasteiger partial charge in [0.1, 0.15) is 23.9 Å². The quantitative estimate of drug-likeness (QED) is 0.402. The molecule has 0 spiro atoms. The van der Waals surface area contributed by atoms with E-state index in [9.17, 15) is 13.2 Å². The van der Waals surface area contributed by atoms with Crippen molar-refractivity contribution < 1.29 is 27.4 Å². The Morgan fingerprint density at radius 1 is 0.938 bits per heavy atom. The number of pyridine rings is 1. The fourth-order valence-corrected chi connectivity index (χ4v) is 3.31. The number of alkyl halides is 3. The highest BCUT2D eigenvalue weighted by Gasteiger charge is 2.33. The Morgan fingerprint density at radius 2 is 1.69 bits per heavy atom. The molecule has 0 saturated carbocycles. The monoisotopic (exact) mass is 443 g/mol. The van der Waals surface area contributed by atoms with E-state index in [2.05, 4.69) is 10.1 Å². The zero-order valence-electron chi connectivity index (χ0n) is 17.6. The van der Waals surface area contributed by atoms with Gasteiger partial charge in [0.25, 0.3) is 0 Å². The molecule has 0 aliphatic carbocycles. The summed E-state index contributed by atoms with van der Waals surface area (Å²) in [4.78, 5) is 4.54. The summed E-state index contributed by atoms with van der Waals surface area (Å²) in [7, 11) is 3.13. The normalized spacial score (nSPS) is 11.6. The summed E-state index contributed by atoms with van der Waals surface area (Å²) in [6, 6.07) is 13.5. The number of ether oxygens (including phenoxy) is 3. The van der Waals surface area contributed by atoms with Crippen molar-refractivity contribution in [3.63, 3.8) is 0 Å². The summed E-state index contributed by atoms with van der Waals surface area (Å²) in [5.74, 6) is 2.01. The smallest absolute Gasteiger partial charge is 0.435 e. The fraction of sp³-hybridized carbons (Fsp3) is 0.217. The number of aryl methyl sites for hydroxylation is 1. The van der Waals surface area contributed by atoms with Gasteiger partial charge in [-0.15, -0.1) is 0 Å². The van der Waals surface area contributed by atoms with E-state index in [1.54, 1.807) is 26.4 Å². The van der Waals surface area contributed by atoms with Crippen molar-refractivity contribution >= 4 is 10.9 Å². The Labute approximate surface area is 182 Å². The lowest BCUT2D eigenvalue weighted by molar-refractivity contribution is -0.141. The van der Waals surface area contributed by atoms with Crippen molar-refractivity contribution in [3.8, 4) is 23.1 Å². The molecule has 4 rings (SSSR count). The summed E-state index contributed by atoms with van der Waals surface area (Å²) in [5, 5.41) is 4.35. The van der Waals surface area contributed by atoms with Gasteiger partial charge in [-0.3, -0.25) is 0 Å². The summed E-state index contributed by atoms with van der Waals surface area (Å²) in [6.07, 6.45) is -3.32. The molecule has 0 N–H and O–H groups in total. The molecule has 0 fully saturated rings. The van der Waals surface area contributed by atoms with Gasteiger partial charge in [-0.2, -0.15) is 18.3 Å². The van der Waals surface area contributed by atoms with Crippen LogP contribution in [0.15, 0.2) is 54.7 Å². The highest BCUT2D eigenvalue weighted by Crippen LogP contribution is 2.34. The summed E-state index contributed by atoms with van der Waals surface area (Å²) >= 11 is 0. The molecule has 9 heteroatoms. The molecule has 32 heavy (non-hydrogen) atoms. The fourth-order valence-electron chi connectivity index (χ4n) is 3.31. The molecule has 0 bridgehead atoms. The molecule has 6 nitrogen and oxygen atoms in total. The number of hydrogen-bond acceptors (Lipinski definition) is 5. The van der Waals surface area contributed by atoms with Gasteiger partial charge in [0.15, 0.2) is 11.5 Å². The van der Waals surface area contributed by atoms with Gasteiger partial charge in [0, 0.05) is 23.2 Å². The molecule has 0 aliphatic rings. The Morgan fingerprint density at radius 3 is 2.31 bits per heavy atom. The van der Waals surface area contributed by atoms with E-state index in [0.29, 0.717) is 22.4 Å².